The highest BCUT2D eigenvalue weighted by molar-refractivity contribution is 9.10. The molecule has 2 unspecified atom stereocenters. The van der Waals surface area contributed by atoms with Gasteiger partial charge in [-0.1, -0.05) is 22.0 Å². The number of hydrogen-bond acceptors (Lipinski definition) is 2. The quantitative estimate of drug-likeness (QED) is 0.867. The van der Waals surface area contributed by atoms with Crippen molar-refractivity contribution in [2.75, 3.05) is 5.32 Å². The Morgan fingerprint density at radius 1 is 1.16 bits per heavy atom. The summed E-state index contributed by atoms with van der Waals surface area (Å²) in [5.41, 5.74) is 8.25. The van der Waals surface area contributed by atoms with Crippen LogP contribution in [0.5, 0.6) is 0 Å². The van der Waals surface area contributed by atoms with Crippen molar-refractivity contribution in [1.29, 1.82) is 0 Å². The second-order valence-corrected chi connectivity index (χ2v) is 8.15. The fourth-order valence-corrected chi connectivity index (χ4v) is 5.75. The maximum atomic E-state index is 6.64. The summed E-state index contributed by atoms with van der Waals surface area (Å²) in [6.07, 6.45) is 7.71. The smallest absolute Gasteiger partial charge is 0.0396 e. The first-order valence-electron chi connectivity index (χ1n) is 7.37. The molecule has 5 rings (SSSR count). The van der Waals surface area contributed by atoms with Crippen LogP contribution in [0.1, 0.15) is 38.5 Å². The first-order chi connectivity index (χ1) is 9.04. The van der Waals surface area contributed by atoms with Crippen LogP contribution in [0.3, 0.4) is 0 Å². The average molecular weight is 321 g/mol. The monoisotopic (exact) mass is 320 g/mol. The van der Waals surface area contributed by atoms with Crippen LogP contribution in [0.2, 0.25) is 0 Å². The van der Waals surface area contributed by atoms with Crippen molar-refractivity contribution in [3.05, 3.63) is 28.7 Å². The number of nitrogens with one attached hydrogen (secondary N) is 1. The number of halogens is 1. The van der Waals surface area contributed by atoms with Gasteiger partial charge in [-0.05, 0) is 68.6 Å². The lowest BCUT2D eigenvalue weighted by molar-refractivity contribution is -0.00775. The van der Waals surface area contributed by atoms with Crippen LogP contribution in [-0.2, 0) is 0 Å². The van der Waals surface area contributed by atoms with Gasteiger partial charge in [-0.2, -0.15) is 0 Å². The summed E-state index contributed by atoms with van der Waals surface area (Å²) in [5.74, 6) is 1.71. The van der Waals surface area contributed by atoms with Gasteiger partial charge >= 0.3 is 0 Å². The van der Waals surface area contributed by atoms with Crippen molar-refractivity contribution in [2.45, 2.75) is 49.6 Å². The minimum Gasteiger partial charge on any atom is -0.379 e. The van der Waals surface area contributed by atoms with Gasteiger partial charge < -0.3 is 11.1 Å². The summed E-state index contributed by atoms with van der Waals surface area (Å²) in [6.45, 7) is 0. The Balaban J connectivity index is 1.63. The van der Waals surface area contributed by atoms with E-state index in [1.807, 2.05) is 0 Å². The van der Waals surface area contributed by atoms with Crippen LogP contribution in [0.15, 0.2) is 28.7 Å². The van der Waals surface area contributed by atoms with Crippen molar-refractivity contribution >= 4 is 21.6 Å². The predicted molar refractivity (Wildman–Crippen MR) is 82.1 cm³/mol. The molecule has 0 aromatic heterocycles. The van der Waals surface area contributed by atoms with Crippen molar-refractivity contribution in [2.24, 2.45) is 17.6 Å². The Bertz CT molecular complexity index is 499. The molecule has 0 heterocycles. The second kappa shape index (κ2) is 3.98. The fraction of sp³-hybridized carbons (Fsp3) is 0.625. The zero-order valence-corrected chi connectivity index (χ0v) is 12.7. The molecule has 0 saturated heterocycles. The average Bonchev–Trinajstić information content (AvgIpc) is 2.24. The third kappa shape index (κ3) is 2.11. The standard InChI is InChI=1S/C16H21BrN2/c17-13-2-1-3-14(5-13)19-16-8-11-4-12(9-16)7-15(18,6-11)10-16/h1-3,5,11-12,19H,4,6-10,18H2. The number of benzene rings is 1. The third-order valence-electron chi connectivity index (χ3n) is 5.34. The Labute approximate surface area is 123 Å². The molecule has 4 aliphatic carbocycles. The van der Waals surface area contributed by atoms with Crippen LogP contribution in [-0.4, -0.2) is 11.1 Å². The number of nitrogens with two attached hydrogens (primary N) is 1. The lowest BCUT2D eigenvalue weighted by atomic mass is 9.50. The van der Waals surface area contributed by atoms with E-state index in [4.69, 9.17) is 5.73 Å². The molecule has 2 atom stereocenters. The predicted octanol–water partition coefficient (Wildman–Crippen LogP) is 3.91. The molecule has 4 aliphatic rings. The van der Waals surface area contributed by atoms with Crippen LogP contribution in [0, 0.1) is 11.8 Å². The third-order valence-corrected chi connectivity index (χ3v) is 5.83. The minimum atomic E-state index is 0.114. The Kier molecular flexibility index (Phi) is 2.56. The van der Waals surface area contributed by atoms with E-state index in [0.29, 0.717) is 0 Å². The molecule has 19 heavy (non-hydrogen) atoms. The van der Waals surface area contributed by atoms with E-state index in [1.165, 1.54) is 37.8 Å². The van der Waals surface area contributed by atoms with Gasteiger partial charge in [-0.25, -0.2) is 0 Å². The van der Waals surface area contributed by atoms with Gasteiger partial charge in [0.05, 0.1) is 0 Å². The zero-order valence-electron chi connectivity index (χ0n) is 11.2. The molecule has 0 amide bonds. The van der Waals surface area contributed by atoms with Crippen LogP contribution in [0.4, 0.5) is 5.69 Å². The minimum absolute atomic E-state index is 0.114. The maximum Gasteiger partial charge on any atom is 0.0396 e. The van der Waals surface area contributed by atoms with Gasteiger partial charge in [0.25, 0.3) is 0 Å². The molecule has 1 aromatic carbocycles. The molecule has 0 radical (unpaired) electrons. The molecular weight excluding hydrogens is 300 g/mol. The summed E-state index contributed by atoms with van der Waals surface area (Å²) in [5, 5.41) is 3.84. The van der Waals surface area contributed by atoms with Gasteiger partial charge in [0, 0.05) is 21.2 Å². The fourth-order valence-electron chi connectivity index (χ4n) is 5.35. The molecule has 1 aromatic rings. The highest BCUT2D eigenvalue weighted by Gasteiger charge is 2.56. The zero-order chi connectivity index (χ0) is 13.1. The molecular formula is C16H21BrN2. The summed E-state index contributed by atoms with van der Waals surface area (Å²) in [4.78, 5) is 0. The molecule has 2 nitrogen and oxygen atoms in total. The summed E-state index contributed by atoms with van der Waals surface area (Å²) < 4.78 is 1.14. The van der Waals surface area contributed by atoms with E-state index in [2.05, 4.69) is 45.5 Å². The Morgan fingerprint density at radius 3 is 2.53 bits per heavy atom. The largest absolute Gasteiger partial charge is 0.379 e. The van der Waals surface area contributed by atoms with Gasteiger partial charge in [-0.3, -0.25) is 0 Å². The van der Waals surface area contributed by atoms with Crippen molar-refractivity contribution in [3.8, 4) is 0 Å². The normalized spacial score (nSPS) is 43.5. The maximum absolute atomic E-state index is 6.64. The number of anilines is 1. The second-order valence-electron chi connectivity index (χ2n) is 7.24. The first-order valence-corrected chi connectivity index (χ1v) is 8.16. The lowest BCUT2D eigenvalue weighted by Gasteiger charge is -2.61. The van der Waals surface area contributed by atoms with Crippen LogP contribution < -0.4 is 11.1 Å². The first kappa shape index (κ1) is 12.2. The van der Waals surface area contributed by atoms with E-state index in [0.717, 1.165) is 22.7 Å². The van der Waals surface area contributed by atoms with Crippen molar-refractivity contribution in [3.63, 3.8) is 0 Å². The van der Waals surface area contributed by atoms with Gasteiger partial charge in [0.15, 0.2) is 0 Å². The van der Waals surface area contributed by atoms with Gasteiger partial charge in [0.1, 0.15) is 0 Å². The Hall–Kier alpha value is -0.540. The lowest BCUT2D eigenvalue weighted by Crippen LogP contribution is -2.65. The van der Waals surface area contributed by atoms with E-state index >= 15 is 0 Å². The van der Waals surface area contributed by atoms with E-state index < -0.39 is 0 Å². The number of rotatable bonds is 2. The van der Waals surface area contributed by atoms with Crippen LogP contribution in [0.25, 0.3) is 0 Å². The number of hydrogen-bond donors (Lipinski definition) is 2. The van der Waals surface area contributed by atoms with Gasteiger partial charge in [0.2, 0.25) is 0 Å². The molecule has 102 valence electrons. The van der Waals surface area contributed by atoms with E-state index in [1.54, 1.807) is 0 Å². The molecule has 3 heteroatoms. The molecule has 3 N–H and O–H groups in total. The molecule has 0 spiro atoms. The highest BCUT2D eigenvalue weighted by Crippen LogP contribution is 2.57. The summed E-state index contributed by atoms with van der Waals surface area (Å²) in [6, 6.07) is 8.54. The molecule has 4 bridgehead atoms. The molecule has 4 fully saturated rings. The summed E-state index contributed by atoms with van der Waals surface area (Å²) in [7, 11) is 0. The molecule has 0 aliphatic heterocycles. The highest BCUT2D eigenvalue weighted by atomic mass is 79.9. The molecule has 4 saturated carbocycles. The van der Waals surface area contributed by atoms with Gasteiger partial charge in [-0.15, -0.1) is 0 Å². The SMILES string of the molecule is NC12CC3CC(C1)CC(Nc1cccc(Br)c1)(C3)C2. The van der Waals surface area contributed by atoms with E-state index in [-0.39, 0.29) is 11.1 Å². The van der Waals surface area contributed by atoms with E-state index in [9.17, 15) is 0 Å². The topological polar surface area (TPSA) is 38.0 Å². The van der Waals surface area contributed by atoms with Crippen molar-refractivity contribution in [1.82, 2.24) is 0 Å². The van der Waals surface area contributed by atoms with Crippen LogP contribution >= 0.6 is 15.9 Å². The summed E-state index contributed by atoms with van der Waals surface area (Å²) >= 11 is 3.56. The van der Waals surface area contributed by atoms with Crippen molar-refractivity contribution < 1.29 is 0 Å². The Morgan fingerprint density at radius 2 is 1.89 bits per heavy atom.